The smallest absolute Gasteiger partial charge is 0.274 e. The average Bonchev–Trinajstić information content (AvgIpc) is 3.68. The predicted molar refractivity (Wildman–Crippen MR) is 155 cm³/mol. The van der Waals surface area contributed by atoms with E-state index in [1.807, 2.05) is 44.2 Å². The minimum absolute atomic E-state index is 0.0305. The zero-order chi connectivity index (χ0) is 30.9. The van der Waals surface area contributed by atoms with Crippen LogP contribution < -0.4 is 21.3 Å². The quantitative estimate of drug-likeness (QED) is 0.295. The van der Waals surface area contributed by atoms with Gasteiger partial charge in [-0.2, -0.15) is 0 Å². The van der Waals surface area contributed by atoms with E-state index in [1.165, 1.54) is 17.9 Å². The van der Waals surface area contributed by atoms with E-state index >= 15 is 0 Å². The molecule has 228 valence electrons. The number of aromatic nitrogens is 2. The number of rotatable bonds is 5. The summed E-state index contributed by atoms with van der Waals surface area (Å²) in [7, 11) is 0. The Labute approximate surface area is 249 Å². The van der Waals surface area contributed by atoms with E-state index < -0.39 is 41.8 Å². The highest BCUT2D eigenvalue weighted by molar-refractivity contribution is 5.98. The summed E-state index contributed by atoms with van der Waals surface area (Å²) in [6, 6.07) is 9.34. The number of aromatic amines is 1. The van der Waals surface area contributed by atoms with Crippen molar-refractivity contribution in [3.63, 3.8) is 0 Å². The van der Waals surface area contributed by atoms with Gasteiger partial charge in [0, 0.05) is 38.0 Å². The number of carbonyl (C=O) groups excluding carboxylic acids is 5. The predicted octanol–water partition coefficient (Wildman–Crippen LogP) is 1.15. The van der Waals surface area contributed by atoms with Gasteiger partial charge in [0.1, 0.15) is 18.1 Å². The van der Waals surface area contributed by atoms with Crippen LogP contribution in [-0.4, -0.2) is 75.8 Å². The molecule has 1 aromatic carbocycles. The number of amides is 5. The van der Waals surface area contributed by atoms with Crippen LogP contribution in [0, 0.1) is 5.92 Å². The Morgan fingerprint density at radius 3 is 2.44 bits per heavy atom. The Hall–Kier alpha value is -4.94. The third kappa shape index (κ3) is 8.53. The third-order valence-corrected chi connectivity index (χ3v) is 6.95. The van der Waals surface area contributed by atoms with E-state index in [1.54, 1.807) is 18.5 Å². The van der Waals surface area contributed by atoms with Gasteiger partial charge >= 0.3 is 0 Å². The summed E-state index contributed by atoms with van der Waals surface area (Å²) >= 11 is 0. The second-order valence-corrected chi connectivity index (χ2v) is 10.9. The second kappa shape index (κ2) is 14.3. The van der Waals surface area contributed by atoms with Crippen molar-refractivity contribution in [2.75, 3.05) is 13.1 Å². The third-order valence-electron chi connectivity index (χ3n) is 6.95. The normalized spacial score (nSPS) is 20.8. The Morgan fingerprint density at radius 2 is 1.74 bits per heavy atom. The Morgan fingerprint density at radius 1 is 1.00 bits per heavy atom. The molecule has 4 rings (SSSR count). The molecular formula is C30H37N7O6. The number of hydrogen-bond acceptors (Lipinski definition) is 7. The standard InChI is InChI=1S/C30H37N7O6/c1-18(2)13-23-28(40)35-24(14-20-7-5-4-6-8-20)27(39)32-11-12-37(30(42)21-9-10-31-16-21)17-22-15-25(36-43-22)29(41)33-19(3)26(38)34-23/h4-10,15-16,18-19,23-24,31H,11-14,17H2,1-3H3,(H,32,39)(H,33,41)(H,34,38)(H,35,40)/t19-,23-,24-/m1/s1. The molecule has 0 fully saturated rings. The molecule has 3 atom stereocenters. The molecule has 2 bridgehead atoms. The Balaban J connectivity index is 1.63. The first-order chi connectivity index (χ1) is 20.6. The van der Waals surface area contributed by atoms with Crippen molar-refractivity contribution in [2.24, 2.45) is 5.92 Å². The van der Waals surface area contributed by atoms with Gasteiger partial charge in [-0.25, -0.2) is 0 Å². The molecule has 3 heterocycles. The zero-order valence-electron chi connectivity index (χ0n) is 24.4. The van der Waals surface area contributed by atoms with Crippen LogP contribution in [0.25, 0.3) is 0 Å². The lowest BCUT2D eigenvalue weighted by Gasteiger charge is -2.26. The minimum Gasteiger partial charge on any atom is -0.367 e. The SMILES string of the molecule is CC(C)C[C@H]1NC(=O)[C@@H](C)NC(=O)c2cc(on2)CN(C(=O)c2cc[nH]c2)CCNC(=O)[C@@H](Cc2ccccc2)NC1=O. The molecule has 1 aliphatic rings. The van der Waals surface area contributed by atoms with Gasteiger partial charge in [0.05, 0.1) is 12.1 Å². The van der Waals surface area contributed by atoms with Gasteiger partial charge in [-0.3, -0.25) is 24.0 Å². The number of H-pyrrole nitrogens is 1. The van der Waals surface area contributed by atoms with E-state index in [2.05, 4.69) is 31.4 Å². The van der Waals surface area contributed by atoms with Crippen LogP contribution in [-0.2, 0) is 27.3 Å². The van der Waals surface area contributed by atoms with E-state index in [4.69, 9.17) is 4.52 Å². The molecule has 13 heteroatoms. The summed E-state index contributed by atoms with van der Waals surface area (Å²) < 4.78 is 5.34. The first-order valence-electron chi connectivity index (χ1n) is 14.2. The lowest BCUT2D eigenvalue weighted by molar-refractivity contribution is -0.132. The largest absolute Gasteiger partial charge is 0.367 e. The lowest BCUT2D eigenvalue weighted by atomic mass is 10.0. The number of carbonyl (C=O) groups is 5. The number of fused-ring (bicyclic) bond motifs is 2. The molecule has 0 saturated heterocycles. The highest BCUT2D eigenvalue weighted by Gasteiger charge is 2.30. The maximum atomic E-state index is 13.5. The van der Waals surface area contributed by atoms with Crippen LogP contribution in [0.2, 0.25) is 0 Å². The van der Waals surface area contributed by atoms with Gasteiger partial charge in [-0.05, 0) is 30.9 Å². The number of hydrogen-bond donors (Lipinski definition) is 5. The van der Waals surface area contributed by atoms with Crippen LogP contribution >= 0.6 is 0 Å². The molecular weight excluding hydrogens is 554 g/mol. The fraction of sp³-hybridized carbons (Fsp3) is 0.400. The van der Waals surface area contributed by atoms with Crippen molar-refractivity contribution in [2.45, 2.75) is 58.3 Å². The molecule has 13 nitrogen and oxygen atoms in total. The zero-order valence-corrected chi connectivity index (χ0v) is 24.4. The summed E-state index contributed by atoms with van der Waals surface area (Å²) in [6.07, 6.45) is 3.69. The molecule has 0 spiro atoms. The van der Waals surface area contributed by atoms with Crippen LogP contribution in [0.15, 0.2) is 59.4 Å². The highest BCUT2D eigenvalue weighted by Crippen LogP contribution is 2.13. The summed E-state index contributed by atoms with van der Waals surface area (Å²) in [4.78, 5) is 70.4. The monoisotopic (exact) mass is 591 g/mol. The fourth-order valence-electron chi connectivity index (χ4n) is 4.68. The molecule has 0 saturated carbocycles. The number of nitrogens with zero attached hydrogens (tertiary/aromatic N) is 2. The van der Waals surface area contributed by atoms with Gasteiger partial charge in [-0.15, -0.1) is 0 Å². The van der Waals surface area contributed by atoms with Crippen LogP contribution in [0.1, 0.15) is 59.4 Å². The van der Waals surface area contributed by atoms with Gasteiger partial charge in [0.15, 0.2) is 11.5 Å². The maximum Gasteiger partial charge on any atom is 0.274 e. The van der Waals surface area contributed by atoms with E-state index in [0.29, 0.717) is 12.0 Å². The molecule has 5 amide bonds. The van der Waals surface area contributed by atoms with Crippen molar-refractivity contribution < 1.29 is 28.5 Å². The summed E-state index contributed by atoms with van der Waals surface area (Å²) in [5, 5.41) is 14.7. The molecule has 0 radical (unpaired) electrons. The summed E-state index contributed by atoms with van der Waals surface area (Å²) in [5.74, 6) is -2.24. The lowest BCUT2D eigenvalue weighted by Crippen LogP contribution is -2.57. The van der Waals surface area contributed by atoms with E-state index in [0.717, 1.165) is 5.56 Å². The van der Waals surface area contributed by atoms with Gasteiger partial charge in [0.25, 0.3) is 11.8 Å². The first-order valence-corrected chi connectivity index (χ1v) is 14.2. The molecule has 0 unspecified atom stereocenters. The molecule has 3 aromatic rings. The summed E-state index contributed by atoms with van der Waals surface area (Å²) in [6.45, 7) is 5.45. The van der Waals surface area contributed by atoms with Crippen LogP contribution in [0.4, 0.5) is 0 Å². The van der Waals surface area contributed by atoms with Crippen LogP contribution in [0.5, 0.6) is 0 Å². The average molecular weight is 592 g/mol. The maximum absolute atomic E-state index is 13.5. The molecule has 1 aliphatic heterocycles. The topological polar surface area (TPSA) is 179 Å². The Kier molecular flexibility index (Phi) is 10.3. The molecule has 2 aromatic heterocycles. The van der Waals surface area contributed by atoms with Crippen molar-refractivity contribution in [3.05, 3.63) is 77.4 Å². The fourth-order valence-corrected chi connectivity index (χ4v) is 4.68. The number of benzene rings is 1. The van der Waals surface area contributed by atoms with Crippen molar-refractivity contribution in [1.82, 2.24) is 36.3 Å². The highest BCUT2D eigenvalue weighted by atomic mass is 16.5. The van der Waals surface area contributed by atoms with Crippen molar-refractivity contribution >= 4 is 29.5 Å². The molecule has 0 aliphatic carbocycles. The van der Waals surface area contributed by atoms with Gasteiger partial charge in [0.2, 0.25) is 17.7 Å². The van der Waals surface area contributed by atoms with Gasteiger partial charge in [-0.1, -0.05) is 49.3 Å². The van der Waals surface area contributed by atoms with E-state index in [-0.39, 0.29) is 49.3 Å². The molecule has 5 N–H and O–H groups in total. The molecule has 43 heavy (non-hydrogen) atoms. The van der Waals surface area contributed by atoms with Crippen molar-refractivity contribution in [3.8, 4) is 0 Å². The Bertz CT molecular complexity index is 1420. The van der Waals surface area contributed by atoms with Crippen molar-refractivity contribution in [1.29, 1.82) is 0 Å². The first kappa shape index (κ1) is 31.0. The van der Waals surface area contributed by atoms with Crippen LogP contribution in [0.3, 0.4) is 0 Å². The minimum atomic E-state index is -1.01. The van der Waals surface area contributed by atoms with Gasteiger partial charge < -0.3 is 35.7 Å². The summed E-state index contributed by atoms with van der Waals surface area (Å²) in [5.41, 5.74) is 1.16. The number of nitrogens with one attached hydrogen (secondary N) is 5. The second-order valence-electron chi connectivity index (χ2n) is 10.9. The van der Waals surface area contributed by atoms with E-state index in [9.17, 15) is 24.0 Å².